The predicted octanol–water partition coefficient (Wildman–Crippen LogP) is 3.74. The van der Waals surface area contributed by atoms with Crippen LogP contribution in [0.15, 0.2) is 66.8 Å². The van der Waals surface area contributed by atoms with Gasteiger partial charge in [0.1, 0.15) is 11.5 Å². The van der Waals surface area contributed by atoms with Crippen LogP contribution >= 0.6 is 0 Å². The second-order valence-corrected chi connectivity index (χ2v) is 11.3. The van der Waals surface area contributed by atoms with Crippen LogP contribution in [0.1, 0.15) is 46.1 Å². The molecule has 1 aromatic carbocycles. The quantitative estimate of drug-likeness (QED) is 0.440. The van der Waals surface area contributed by atoms with Crippen LogP contribution in [0, 0.1) is 29.1 Å². The summed E-state index contributed by atoms with van der Waals surface area (Å²) >= 11 is 0. The lowest BCUT2D eigenvalue weighted by molar-refractivity contribution is -0.166. The van der Waals surface area contributed by atoms with Crippen LogP contribution in [-0.2, 0) is 20.7 Å². The molecule has 1 spiro atoms. The van der Waals surface area contributed by atoms with E-state index in [0.29, 0.717) is 24.8 Å². The smallest absolute Gasteiger partial charge is 0.303 e. The molecule has 1 saturated heterocycles. The molecule has 1 saturated carbocycles. The molecule has 6 heteroatoms. The first kappa shape index (κ1) is 26.4. The third-order valence-electron chi connectivity index (χ3n) is 8.43. The number of rotatable bonds is 3. The number of allylic oxidation sites excluding steroid dienone is 1. The van der Waals surface area contributed by atoms with Crippen LogP contribution in [0.4, 0.5) is 0 Å². The van der Waals surface area contributed by atoms with Gasteiger partial charge in [0.05, 0.1) is 11.7 Å². The maximum atomic E-state index is 14.2. The lowest BCUT2D eigenvalue weighted by atomic mass is 9.51. The molecular formula is C30H39NO5. The van der Waals surface area contributed by atoms with Crippen molar-refractivity contribution in [2.24, 2.45) is 29.1 Å². The van der Waals surface area contributed by atoms with Gasteiger partial charge in [-0.05, 0) is 55.2 Å². The van der Waals surface area contributed by atoms with E-state index in [1.54, 1.807) is 19.1 Å². The maximum absolute atomic E-state index is 14.2. The highest BCUT2D eigenvalue weighted by atomic mass is 16.5. The van der Waals surface area contributed by atoms with E-state index in [4.69, 9.17) is 4.74 Å². The molecule has 4 rings (SSSR count). The lowest BCUT2D eigenvalue weighted by Crippen LogP contribution is -2.60. The summed E-state index contributed by atoms with van der Waals surface area (Å²) in [4.78, 5) is 26.5. The summed E-state index contributed by atoms with van der Waals surface area (Å²) in [6.07, 6.45) is 7.09. The zero-order chi connectivity index (χ0) is 26.3. The molecule has 1 amide bonds. The summed E-state index contributed by atoms with van der Waals surface area (Å²) in [6, 6.07) is 9.73. The van der Waals surface area contributed by atoms with Gasteiger partial charge in [-0.3, -0.25) is 9.59 Å². The number of aliphatic hydroxyl groups is 2. The summed E-state index contributed by atoms with van der Waals surface area (Å²) in [7, 11) is 0. The Kier molecular flexibility index (Phi) is 7.31. The molecule has 1 aromatic rings. The van der Waals surface area contributed by atoms with Gasteiger partial charge in [-0.15, -0.1) is 0 Å². The van der Waals surface area contributed by atoms with Gasteiger partial charge in [0.15, 0.2) is 0 Å². The average molecular weight is 494 g/mol. The normalized spacial score (nSPS) is 42.3. The van der Waals surface area contributed by atoms with Crippen LogP contribution in [0.5, 0.6) is 0 Å². The number of carbonyl (C=O) groups is 2. The van der Waals surface area contributed by atoms with E-state index in [1.165, 1.54) is 6.92 Å². The minimum absolute atomic E-state index is 0.170. The SMILES string of the molecule is C=C1C(C)C2C(Cc3ccccc3)NC(=O)C23C(OC(C)=O)/C=C\C(C)(O)CC(C)C/C=C/C3C1O. The van der Waals surface area contributed by atoms with Gasteiger partial charge in [-0.1, -0.05) is 69.0 Å². The van der Waals surface area contributed by atoms with Crippen LogP contribution in [0.2, 0.25) is 0 Å². The topological polar surface area (TPSA) is 95.9 Å². The van der Waals surface area contributed by atoms with Crippen LogP contribution in [-0.4, -0.2) is 45.9 Å². The highest BCUT2D eigenvalue weighted by Gasteiger charge is 2.68. The lowest BCUT2D eigenvalue weighted by Gasteiger charge is -2.52. The van der Waals surface area contributed by atoms with E-state index in [-0.39, 0.29) is 29.7 Å². The van der Waals surface area contributed by atoms with Crippen LogP contribution in [0.3, 0.4) is 0 Å². The number of ether oxygens (including phenoxy) is 1. The van der Waals surface area contributed by atoms with Gasteiger partial charge in [-0.25, -0.2) is 0 Å². The van der Waals surface area contributed by atoms with Gasteiger partial charge in [0, 0.05) is 24.8 Å². The number of carbonyl (C=O) groups excluding carboxylic acids is 2. The largest absolute Gasteiger partial charge is 0.457 e. The Morgan fingerprint density at radius 1 is 1.22 bits per heavy atom. The van der Waals surface area contributed by atoms with Gasteiger partial charge in [0.25, 0.3) is 0 Å². The highest BCUT2D eigenvalue weighted by molar-refractivity contribution is 5.89. The molecule has 1 heterocycles. The first-order valence-electron chi connectivity index (χ1n) is 12.9. The van der Waals surface area contributed by atoms with Crippen molar-refractivity contribution < 1.29 is 24.5 Å². The Hall–Kier alpha value is -2.70. The van der Waals surface area contributed by atoms with E-state index < -0.39 is 35.1 Å². The Morgan fingerprint density at radius 2 is 1.92 bits per heavy atom. The molecule has 9 unspecified atom stereocenters. The monoisotopic (exact) mass is 493 g/mol. The molecule has 0 radical (unpaired) electrons. The molecule has 3 aliphatic rings. The van der Waals surface area contributed by atoms with E-state index in [9.17, 15) is 19.8 Å². The number of hydrogen-bond donors (Lipinski definition) is 3. The molecule has 36 heavy (non-hydrogen) atoms. The number of hydrogen-bond acceptors (Lipinski definition) is 5. The number of esters is 1. The second-order valence-electron chi connectivity index (χ2n) is 11.3. The highest BCUT2D eigenvalue weighted by Crippen LogP contribution is 2.58. The minimum Gasteiger partial charge on any atom is -0.457 e. The number of nitrogens with one attached hydrogen (secondary N) is 1. The molecule has 3 N–H and O–H groups in total. The second kappa shape index (κ2) is 9.98. The fourth-order valence-electron chi connectivity index (χ4n) is 6.90. The van der Waals surface area contributed by atoms with Crippen molar-refractivity contribution in [3.05, 3.63) is 72.4 Å². The summed E-state index contributed by atoms with van der Waals surface area (Å²) in [5.74, 6) is -1.75. The molecule has 0 bridgehead atoms. The fourth-order valence-corrected chi connectivity index (χ4v) is 6.90. The molecule has 2 aliphatic carbocycles. The number of amides is 1. The minimum atomic E-state index is -1.26. The molecule has 1 aliphatic heterocycles. The van der Waals surface area contributed by atoms with Gasteiger partial charge >= 0.3 is 5.97 Å². The predicted molar refractivity (Wildman–Crippen MR) is 139 cm³/mol. The first-order valence-corrected chi connectivity index (χ1v) is 12.9. The fraction of sp³-hybridized carbons (Fsp3) is 0.533. The van der Waals surface area contributed by atoms with Crippen molar-refractivity contribution in [1.29, 1.82) is 0 Å². The maximum Gasteiger partial charge on any atom is 0.303 e. The number of benzene rings is 1. The zero-order valence-electron chi connectivity index (χ0n) is 21.7. The Morgan fingerprint density at radius 3 is 2.58 bits per heavy atom. The van der Waals surface area contributed by atoms with Gasteiger partial charge in [-0.2, -0.15) is 0 Å². The molecule has 0 aromatic heterocycles. The van der Waals surface area contributed by atoms with Crippen molar-refractivity contribution in [2.75, 3.05) is 0 Å². The Labute approximate surface area is 214 Å². The first-order chi connectivity index (χ1) is 17.0. The molecular weight excluding hydrogens is 454 g/mol. The third-order valence-corrected chi connectivity index (χ3v) is 8.43. The van der Waals surface area contributed by atoms with Crippen molar-refractivity contribution in [2.45, 2.75) is 70.8 Å². The van der Waals surface area contributed by atoms with E-state index >= 15 is 0 Å². The molecule has 2 fully saturated rings. The third kappa shape index (κ3) is 4.69. The van der Waals surface area contributed by atoms with Crippen molar-refractivity contribution >= 4 is 11.9 Å². The summed E-state index contributed by atoms with van der Waals surface area (Å²) in [6.45, 7) is 11.3. The van der Waals surface area contributed by atoms with Crippen molar-refractivity contribution in [3.63, 3.8) is 0 Å². The van der Waals surface area contributed by atoms with Crippen LogP contribution in [0.25, 0.3) is 0 Å². The van der Waals surface area contributed by atoms with E-state index in [0.717, 1.165) is 5.56 Å². The van der Waals surface area contributed by atoms with Gasteiger partial charge < -0.3 is 20.3 Å². The molecule has 9 atom stereocenters. The summed E-state index contributed by atoms with van der Waals surface area (Å²) in [5, 5.41) is 25.8. The average Bonchev–Trinajstić information content (AvgIpc) is 3.08. The Bertz CT molecular complexity index is 1060. The summed E-state index contributed by atoms with van der Waals surface area (Å²) in [5.41, 5.74) is -0.635. The standard InChI is InChI=1S/C30H39NO5/c1-18-10-9-13-23-27(33)20(3)19(2)26-24(16-22-11-7-6-8-12-22)31-28(34)30(23,26)25(36-21(4)32)14-15-29(5,35)17-18/h6-9,11-15,18-19,23-27,33,35H,3,10,16-17H2,1-2,4-5H3,(H,31,34)/b13-9+,15-14-. The van der Waals surface area contributed by atoms with E-state index in [2.05, 4.69) is 18.8 Å². The van der Waals surface area contributed by atoms with E-state index in [1.807, 2.05) is 49.4 Å². The number of aliphatic hydroxyl groups excluding tert-OH is 1. The van der Waals surface area contributed by atoms with Gasteiger partial charge in [0.2, 0.25) is 5.91 Å². The molecule has 194 valence electrons. The summed E-state index contributed by atoms with van der Waals surface area (Å²) < 4.78 is 5.89. The van der Waals surface area contributed by atoms with Crippen molar-refractivity contribution in [3.8, 4) is 0 Å². The molecule has 6 nitrogen and oxygen atoms in total. The zero-order valence-corrected chi connectivity index (χ0v) is 21.7. The van der Waals surface area contributed by atoms with Crippen LogP contribution < -0.4 is 5.32 Å². The van der Waals surface area contributed by atoms with Crippen molar-refractivity contribution in [1.82, 2.24) is 5.32 Å². The Balaban J connectivity index is 1.92.